The fourth-order valence-corrected chi connectivity index (χ4v) is 2.14. The lowest BCUT2D eigenvalue weighted by molar-refractivity contribution is 0.204. The fraction of sp³-hybridized carbons (Fsp3) is 0.417. The molecular formula is C12H20N4O3S. The van der Waals surface area contributed by atoms with Crippen LogP contribution in [0.2, 0.25) is 0 Å². The van der Waals surface area contributed by atoms with E-state index in [1.165, 1.54) is 19.2 Å². The summed E-state index contributed by atoms with van der Waals surface area (Å²) in [7, 11) is -0.416. The van der Waals surface area contributed by atoms with Gasteiger partial charge < -0.3 is 15.8 Å². The van der Waals surface area contributed by atoms with Crippen LogP contribution in [0.25, 0.3) is 0 Å². The number of nitrogens with two attached hydrogens (primary N) is 1. The van der Waals surface area contributed by atoms with Crippen molar-refractivity contribution in [1.82, 2.24) is 10.0 Å². The summed E-state index contributed by atoms with van der Waals surface area (Å²) in [4.78, 5) is 4.36. The molecule has 0 saturated carbocycles. The lowest BCUT2D eigenvalue weighted by Gasteiger charge is -2.05. The SMILES string of the molecule is CNS(=O)(=O)c1ccc(CN=C(N)NCCOC)cc1. The number of nitrogens with zero attached hydrogens (tertiary/aromatic N) is 1. The monoisotopic (exact) mass is 300 g/mol. The maximum Gasteiger partial charge on any atom is 0.240 e. The van der Waals surface area contributed by atoms with Crippen LogP contribution in [-0.4, -0.2) is 41.7 Å². The number of sulfonamides is 1. The van der Waals surface area contributed by atoms with E-state index in [4.69, 9.17) is 10.5 Å². The van der Waals surface area contributed by atoms with Crippen LogP contribution < -0.4 is 15.8 Å². The summed E-state index contributed by atoms with van der Waals surface area (Å²) in [5, 5.41) is 2.90. The summed E-state index contributed by atoms with van der Waals surface area (Å²) in [6.45, 7) is 1.52. The first-order chi connectivity index (χ1) is 9.49. The quantitative estimate of drug-likeness (QED) is 0.362. The lowest BCUT2D eigenvalue weighted by atomic mass is 10.2. The van der Waals surface area contributed by atoms with Crippen molar-refractivity contribution in [2.24, 2.45) is 10.7 Å². The molecule has 20 heavy (non-hydrogen) atoms. The molecule has 1 aromatic carbocycles. The summed E-state index contributed by atoms with van der Waals surface area (Å²) in [6.07, 6.45) is 0. The second-order valence-corrected chi connectivity index (χ2v) is 5.86. The molecule has 0 heterocycles. The van der Waals surface area contributed by atoms with E-state index >= 15 is 0 Å². The first-order valence-corrected chi connectivity index (χ1v) is 7.53. The van der Waals surface area contributed by atoms with Gasteiger partial charge in [-0.05, 0) is 24.7 Å². The number of guanidine groups is 1. The molecule has 0 saturated heterocycles. The number of ether oxygens (including phenoxy) is 1. The van der Waals surface area contributed by atoms with E-state index in [0.717, 1.165) is 5.56 Å². The molecule has 0 aliphatic rings. The smallest absolute Gasteiger partial charge is 0.240 e. The third-order valence-electron chi connectivity index (χ3n) is 2.55. The highest BCUT2D eigenvalue weighted by molar-refractivity contribution is 7.89. The van der Waals surface area contributed by atoms with Crippen molar-refractivity contribution in [1.29, 1.82) is 0 Å². The molecule has 112 valence electrons. The first kappa shape index (κ1) is 16.4. The Morgan fingerprint density at radius 3 is 2.55 bits per heavy atom. The van der Waals surface area contributed by atoms with Gasteiger partial charge in [0.15, 0.2) is 5.96 Å². The average molecular weight is 300 g/mol. The van der Waals surface area contributed by atoms with Gasteiger partial charge in [0.1, 0.15) is 0 Å². The second kappa shape index (κ2) is 7.83. The van der Waals surface area contributed by atoms with Crippen LogP contribution in [0.3, 0.4) is 0 Å². The largest absolute Gasteiger partial charge is 0.383 e. The molecule has 0 aliphatic heterocycles. The molecule has 0 spiro atoms. The number of hydrogen-bond donors (Lipinski definition) is 3. The second-order valence-electron chi connectivity index (χ2n) is 3.97. The van der Waals surface area contributed by atoms with Crippen molar-refractivity contribution in [2.75, 3.05) is 27.3 Å². The molecule has 0 radical (unpaired) electrons. The normalized spacial score (nSPS) is 12.4. The van der Waals surface area contributed by atoms with E-state index in [1.807, 2.05) is 0 Å². The summed E-state index contributed by atoms with van der Waals surface area (Å²) >= 11 is 0. The Kier molecular flexibility index (Phi) is 6.43. The first-order valence-electron chi connectivity index (χ1n) is 6.05. The van der Waals surface area contributed by atoms with Gasteiger partial charge in [-0.1, -0.05) is 12.1 Å². The minimum Gasteiger partial charge on any atom is -0.383 e. The van der Waals surface area contributed by atoms with Crippen LogP contribution >= 0.6 is 0 Å². The predicted octanol–water partition coefficient (Wildman–Crippen LogP) is -0.355. The minimum atomic E-state index is -3.40. The van der Waals surface area contributed by atoms with Gasteiger partial charge >= 0.3 is 0 Å². The summed E-state index contributed by atoms with van der Waals surface area (Å²) in [5.74, 6) is 0.328. The van der Waals surface area contributed by atoms with Gasteiger partial charge in [-0.25, -0.2) is 18.1 Å². The van der Waals surface area contributed by atoms with Crippen LogP contribution in [0.1, 0.15) is 5.56 Å². The summed E-state index contributed by atoms with van der Waals surface area (Å²) in [5.41, 5.74) is 6.53. The van der Waals surface area contributed by atoms with E-state index in [-0.39, 0.29) is 4.90 Å². The van der Waals surface area contributed by atoms with Crippen LogP contribution in [0.5, 0.6) is 0 Å². The van der Waals surface area contributed by atoms with Gasteiger partial charge in [0.2, 0.25) is 10.0 Å². The molecule has 0 aromatic heterocycles. The Labute approximate surface area is 119 Å². The zero-order chi connectivity index (χ0) is 15.0. The Bertz CT molecular complexity index is 540. The maximum atomic E-state index is 11.5. The molecule has 4 N–H and O–H groups in total. The van der Waals surface area contributed by atoms with Crippen molar-refractivity contribution in [3.63, 3.8) is 0 Å². The van der Waals surface area contributed by atoms with Crippen molar-refractivity contribution in [3.8, 4) is 0 Å². The summed E-state index contributed by atoms with van der Waals surface area (Å²) < 4.78 is 30.2. The molecular weight excluding hydrogens is 280 g/mol. The van der Waals surface area contributed by atoms with Crippen molar-refractivity contribution >= 4 is 16.0 Å². The van der Waals surface area contributed by atoms with Gasteiger partial charge in [0, 0.05) is 13.7 Å². The Morgan fingerprint density at radius 2 is 2.00 bits per heavy atom. The molecule has 0 bridgehead atoms. The molecule has 0 atom stereocenters. The van der Waals surface area contributed by atoms with E-state index in [2.05, 4.69) is 15.0 Å². The van der Waals surface area contributed by atoms with E-state index in [1.54, 1.807) is 19.2 Å². The molecule has 0 aliphatic carbocycles. The van der Waals surface area contributed by atoms with Crippen LogP contribution in [0.15, 0.2) is 34.2 Å². The van der Waals surface area contributed by atoms with E-state index in [9.17, 15) is 8.42 Å². The molecule has 0 amide bonds. The lowest BCUT2D eigenvalue weighted by Crippen LogP contribution is -2.34. The fourth-order valence-electron chi connectivity index (χ4n) is 1.41. The Balaban J connectivity index is 2.60. The van der Waals surface area contributed by atoms with Crippen LogP contribution in [0.4, 0.5) is 0 Å². The van der Waals surface area contributed by atoms with Crippen molar-refractivity contribution < 1.29 is 13.2 Å². The molecule has 0 unspecified atom stereocenters. The Hall–Kier alpha value is -1.64. The average Bonchev–Trinajstić information content (AvgIpc) is 2.46. The highest BCUT2D eigenvalue weighted by Gasteiger charge is 2.09. The molecule has 8 heteroatoms. The van der Waals surface area contributed by atoms with Gasteiger partial charge in [0.25, 0.3) is 0 Å². The number of methoxy groups -OCH3 is 1. The predicted molar refractivity (Wildman–Crippen MR) is 77.9 cm³/mol. The molecule has 0 fully saturated rings. The van der Waals surface area contributed by atoms with E-state index < -0.39 is 10.0 Å². The summed E-state index contributed by atoms with van der Waals surface area (Å²) in [6, 6.07) is 6.47. The van der Waals surface area contributed by atoms with Crippen LogP contribution in [-0.2, 0) is 21.3 Å². The standard InChI is InChI=1S/C12H20N4O3S/c1-14-20(17,18)11-5-3-10(4-6-11)9-16-12(13)15-7-8-19-2/h3-6,14H,7-9H2,1-2H3,(H3,13,15,16). The van der Waals surface area contributed by atoms with E-state index in [0.29, 0.717) is 25.7 Å². The highest BCUT2D eigenvalue weighted by atomic mass is 32.2. The van der Waals surface area contributed by atoms with Crippen molar-refractivity contribution in [2.45, 2.75) is 11.4 Å². The number of aliphatic imine (C=N–C) groups is 1. The third kappa shape index (κ3) is 5.16. The number of hydrogen-bond acceptors (Lipinski definition) is 4. The topological polar surface area (TPSA) is 106 Å². The number of benzene rings is 1. The highest BCUT2D eigenvalue weighted by Crippen LogP contribution is 2.10. The van der Waals surface area contributed by atoms with Crippen LogP contribution in [0, 0.1) is 0 Å². The molecule has 1 rings (SSSR count). The zero-order valence-corrected chi connectivity index (χ0v) is 12.4. The number of rotatable bonds is 7. The van der Waals surface area contributed by atoms with Gasteiger partial charge in [-0.2, -0.15) is 0 Å². The minimum absolute atomic E-state index is 0.221. The Morgan fingerprint density at radius 1 is 1.35 bits per heavy atom. The molecule has 7 nitrogen and oxygen atoms in total. The number of nitrogens with one attached hydrogen (secondary N) is 2. The third-order valence-corrected chi connectivity index (χ3v) is 3.98. The zero-order valence-electron chi connectivity index (χ0n) is 11.6. The molecule has 1 aromatic rings. The van der Waals surface area contributed by atoms with Gasteiger partial charge in [-0.15, -0.1) is 0 Å². The van der Waals surface area contributed by atoms with Gasteiger partial charge in [0.05, 0.1) is 18.0 Å². The van der Waals surface area contributed by atoms with Crippen molar-refractivity contribution in [3.05, 3.63) is 29.8 Å². The van der Waals surface area contributed by atoms with Gasteiger partial charge in [-0.3, -0.25) is 0 Å². The maximum absolute atomic E-state index is 11.5.